The van der Waals surface area contributed by atoms with Crippen molar-refractivity contribution in [1.29, 1.82) is 0 Å². The van der Waals surface area contributed by atoms with Crippen molar-refractivity contribution in [2.24, 2.45) is 16.9 Å². The first-order valence-electron chi connectivity index (χ1n) is 4.71. The second-order valence-electron chi connectivity index (χ2n) is 4.32. The number of nitrogens with two attached hydrogens (primary N) is 2. The largest absolute Gasteiger partial charge is 0.313 e. The summed E-state index contributed by atoms with van der Waals surface area (Å²) in [5, 5.41) is 1.93. The van der Waals surface area contributed by atoms with Gasteiger partial charge in [-0.1, -0.05) is 27.7 Å². The molecule has 0 aromatic carbocycles. The average molecular weight is 215 g/mol. The maximum absolute atomic E-state index is 5.77. The highest BCUT2D eigenvalue weighted by molar-refractivity contribution is 7.07. The summed E-state index contributed by atoms with van der Waals surface area (Å²) in [5.41, 5.74) is 12.8. The minimum absolute atomic E-state index is 0.00174. The van der Waals surface area contributed by atoms with Crippen LogP contribution in [0.4, 0.5) is 0 Å². The quantitative estimate of drug-likeness (QED) is 0.706. The molecule has 0 fully saturated rings. The van der Waals surface area contributed by atoms with E-state index in [4.69, 9.17) is 11.5 Å². The van der Waals surface area contributed by atoms with E-state index in [0.717, 1.165) is 6.42 Å². The van der Waals surface area contributed by atoms with Crippen LogP contribution in [0.25, 0.3) is 0 Å². The topological polar surface area (TPSA) is 64.9 Å². The van der Waals surface area contributed by atoms with E-state index in [-0.39, 0.29) is 5.41 Å². The highest BCUT2D eigenvalue weighted by Crippen LogP contribution is 2.25. The van der Waals surface area contributed by atoms with Crippen molar-refractivity contribution in [3.8, 4) is 0 Å². The van der Waals surface area contributed by atoms with Gasteiger partial charge in [0, 0.05) is 11.6 Å². The standard InChI is InChI=1S/C7H18N2.C3H3NS/c1-5-7(8,9)6(2,3)4;1-2-5-3-4-1/h5,8-9H2,1-4H3;1-3H. The average Bonchev–Trinajstić information content (AvgIpc) is 2.59. The molecule has 14 heavy (non-hydrogen) atoms. The van der Waals surface area contributed by atoms with Crippen LogP contribution in [0.3, 0.4) is 0 Å². The van der Waals surface area contributed by atoms with Gasteiger partial charge < -0.3 is 11.5 Å². The lowest BCUT2D eigenvalue weighted by Gasteiger charge is -2.37. The molecule has 0 bridgehead atoms. The molecule has 4 heteroatoms. The Labute approximate surface area is 90.5 Å². The van der Waals surface area contributed by atoms with Gasteiger partial charge in [-0.05, 0) is 11.8 Å². The third kappa shape index (κ3) is 4.69. The Balaban J connectivity index is 0.000000280. The molecule has 3 nitrogen and oxygen atoms in total. The predicted octanol–water partition coefficient (Wildman–Crippen LogP) is 2.20. The fraction of sp³-hybridized carbons (Fsp3) is 0.700. The summed E-state index contributed by atoms with van der Waals surface area (Å²) in [6, 6.07) is 0. The van der Waals surface area contributed by atoms with Gasteiger partial charge in [-0.2, -0.15) is 0 Å². The molecule has 4 N–H and O–H groups in total. The molecule has 0 aliphatic heterocycles. The van der Waals surface area contributed by atoms with Crippen molar-refractivity contribution in [2.75, 3.05) is 0 Å². The summed E-state index contributed by atoms with van der Waals surface area (Å²) < 4.78 is 0. The zero-order valence-corrected chi connectivity index (χ0v) is 10.3. The Kier molecular flexibility index (Phi) is 5.26. The van der Waals surface area contributed by atoms with Crippen LogP contribution in [0, 0.1) is 5.41 Å². The van der Waals surface area contributed by atoms with E-state index >= 15 is 0 Å². The van der Waals surface area contributed by atoms with E-state index in [9.17, 15) is 0 Å². The zero-order chi connectivity index (χ0) is 11.2. The minimum Gasteiger partial charge on any atom is -0.313 e. The fourth-order valence-corrected chi connectivity index (χ4v) is 1.06. The van der Waals surface area contributed by atoms with Gasteiger partial charge >= 0.3 is 0 Å². The molecule has 0 saturated heterocycles. The molecule has 1 rings (SSSR count). The highest BCUT2D eigenvalue weighted by Gasteiger charge is 2.31. The molecule has 0 aliphatic rings. The first kappa shape index (κ1) is 13.5. The monoisotopic (exact) mass is 215 g/mol. The summed E-state index contributed by atoms with van der Waals surface area (Å²) in [4.78, 5) is 3.74. The van der Waals surface area contributed by atoms with Crippen molar-refractivity contribution >= 4 is 11.3 Å². The summed E-state index contributed by atoms with van der Waals surface area (Å²) in [6.07, 6.45) is 2.58. The second-order valence-corrected chi connectivity index (χ2v) is 5.07. The van der Waals surface area contributed by atoms with Crippen molar-refractivity contribution in [3.63, 3.8) is 0 Å². The molecule has 0 spiro atoms. The number of nitrogens with zero attached hydrogens (tertiary/aromatic N) is 1. The summed E-state index contributed by atoms with van der Waals surface area (Å²) in [6.45, 7) is 8.16. The van der Waals surface area contributed by atoms with Crippen LogP contribution in [-0.4, -0.2) is 10.6 Å². The number of hydrogen-bond donors (Lipinski definition) is 2. The molecular weight excluding hydrogens is 194 g/mol. The number of hydrogen-bond acceptors (Lipinski definition) is 4. The predicted molar refractivity (Wildman–Crippen MR) is 63.0 cm³/mol. The summed E-state index contributed by atoms with van der Waals surface area (Å²) in [7, 11) is 0. The van der Waals surface area contributed by atoms with Crippen molar-refractivity contribution in [3.05, 3.63) is 17.1 Å². The number of rotatable bonds is 1. The van der Waals surface area contributed by atoms with Gasteiger partial charge in [0.2, 0.25) is 0 Å². The summed E-state index contributed by atoms with van der Waals surface area (Å²) >= 11 is 1.60. The molecule has 0 aliphatic carbocycles. The number of thiazole rings is 1. The Hall–Kier alpha value is -0.450. The molecule has 0 radical (unpaired) electrons. The van der Waals surface area contributed by atoms with Gasteiger partial charge in [0.1, 0.15) is 0 Å². The van der Waals surface area contributed by atoms with Crippen LogP contribution in [0.15, 0.2) is 17.1 Å². The summed E-state index contributed by atoms with van der Waals surface area (Å²) in [5.74, 6) is 0. The van der Waals surface area contributed by atoms with Crippen LogP contribution in [0.2, 0.25) is 0 Å². The lowest BCUT2D eigenvalue weighted by molar-refractivity contribution is 0.188. The van der Waals surface area contributed by atoms with Gasteiger partial charge in [0.25, 0.3) is 0 Å². The fourth-order valence-electron chi connectivity index (χ4n) is 0.706. The molecule has 0 unspecified atom stereocenters. The normalized spacial score (nSPS) is 11.9. The van der Waals surface area contributed by atoms with Crippen molar-refractivity contribution < 1.29 is 0 Å². The van der Waals surface area contributed by atoms with Gasteiger partial charge in [-0.25, -0.2) is 0 Å². The van der Waals surface area contributed by atoms with Crippen LogP contribution in [0.1, 0.15) is 34.1 Å². The first-order chi connectivity index (χ1) is 6.31. The van der Waals surface area contributed by atoms with Crippen LogP contribution in [0.5, 0.6) is 0 Å². The first-order valence-corrected chi connectivity index (χ1v) is 5.65. The van der Waals surface area contributed by atoms with E-state index in [1.165, 1.54) is 0 Å². The van der Waals surface area contributed by atoms with Crippen molar-refractivity contribution in [2.45, 2.75) is 39.8 Å². The third-order valence-corrected chi connectivity index (χ3v) is 2.85. The minimum atomic E-state index is -0.521. The van der Waals surface area contributed by atoms with Gasteiger partial charge in [0.05, 0.1) is 11.2 Å². The Bertz CT molecular complexity index is 207. The molecule has 1 heterocycles. The van der Waals surface area contributed by atoms with Gasteiger partial charge in [-0.15, -0.1) is 11.3 Å². The maximum Gasteiger partial charge on any atom is 0.0791 e. The maximum atomic E-state index is 5.77. The van der Waals surface area contributed by atoms with Gasteiger partial charge in [0.15, 0.2) is 0 Å². The Morgan fingerprint density at radius 3 is 1.93 bits per heavy atom. The lowest BCUT2D eigenvalue weighted by Crippen LogP contribution is -2.58. The van der Waals surface area contributed by atoms with E-state index in [1.54, 1.807) is 23.0 Å². The third-order valence-electron chi connectivity index (χ3n) is 2.33. The Morgan fingerprint density at radius 1 is 1.29 bits per heavy atom. The smallest absolute Gasteiger partial charge is 0.0791 e. The molecular formula is C10H21N3S. The second kappa shape index (κ2) is 5.44. The molecule has 1 aromatic heterocycles. The van der Waals surface area contributed by atoms with E-state index in [2.05, 4.69) is 25.8 Å². The van der Waals surface area contributed by atoms with E-state index in [1.807, 2.05) is 12.3 Å². The number of aromatic nitrogens is 1. The van der Waals surface area contributed by atoms with Crippen molar-refractivity contribution in [1.82, 2.24) is 4.98 Å². The van der Waals surface area contributed by atoms with Gasteiger partial charge in [-0.3, -0.25) is 4.98 Å². The van der Waals surface area contributed by atoms with Crippen LogP contribution >= 0.6 is 11.3 Å². The van der Waals surface area contributed by atoms with E-state index < -0.39 is 5.66 Å². The molecule has 0 atom stereocenters. The lowest BCUT2D eigenvalue weighted by atomic mass is 9.80. The Morgan fingerprint density at radius 2 is 1.86 bits per heavy atom. The molecule has 82 valence electrons. The van der Waals surface area contributed by atoms with E-state index in [0.29, 0.717) is 0 Å². The van der Waals surface area contributed by atoms with Crippen LogP contribution < -0.4 is 11.5 Å². The molecule has 0 saturated carbocycles. The highest BCUT2D eigenvalue weighted by atomic mass is 32.1. The molecule has 1 aromatic rings. The molecule has 0 amide bonds. The SMILES string of the molecule is CCC(N)(N)C(C)(C)C.c1cscn1. The zero-order valence-electron chi connectivity index (χ0n) is 9.45. The van der Waals surface area contributed by atoms with Crippen LogP contribution in [-0.2, 0) is 0 Å².